The number of pyridine rings is 1. The topological polar surface area (TPSA) is 60.4 Å². The number of hydrogen-bond donors (Lipinski definition) is 0. The molecule has 3 aromatic rings. The molecule has 0 saturated heterocycles. The van der Waals surface area contributed by atoms with Gasteiger partial charge in [0.25, 0.3) is 5.69 Å². The maximum atomic E-state index is 11.0. The van der Waals surface area contributed by atoms with Gasteiger partial charge < -0.3 is 4.40 Å². The van der Waals surface area contributed by atoms with Crippen molar-refractivity contribution < 1.29 is 4.92 Å². The molecule has 19 heavy (non-hydrogen) atoms. The van der Waals surface area contributed by atoms with Gasteiger partial charge in [0.1, 0.15) is 0 Å². The molecule has 0 aliphatic rings. The Morgan fingerprint density at radius 3 is 2.74 bits per heavy atom. The summed E-state index contributed by atoms with van der Waals surface area (Å²) >= 11 is 6.04. The van der Waals surface area contributed by atoms with E-state index in [9.17, 15) is 10.1 Å². The van der Waals surface area contributed by atoms with Crippen LogP contribution in [0, 0.1) is 10.1 Å². The van der Waals surface area contributed by atoms with Crippen LogP contribution >= 0.6 is 11.6 Å². The molecular formula is C13H8ClN3O2. The summed E-state index contributed by atoms with van der Waals surface area (Å²) in [6.45, 7) is 0. The van der Waals surface area contributed by atoms with Crippen LogP contribution in [0.2, 0.25) is 5.02 Å². The Labute approximate surface area is 113 Å². The van der Waals surface area contributed by atoms with Gasteiger partial charge in [0.2, 0.25) is 0 Å². The van der Waals surface area contributed by atoms with Crippen molar-refractivity contribution >= 4 is 22.9 Å². The van der Waals surface area contributed by atoms with Crippen molar-refractivity contribution in [2.75, 3.05) is 0 Å². The van der Waals surface area contributed by atoms with E-state index in [1.165, 1.54) is 6.07 Å². The van der Waals surface area contributed by atoms with Gasteiger partial charge in [0, 0.05) is 18.5 Å². The van der Waals surface area contributed by atoms with Gasteiger partial charge in [-0.1, -0.05) is 23.7 Å². The van der Waals surface area contributed by atoms with Crippen LogP contribution in [0.1, 0.15) is 0 Å². The molecule has 0 N–H and O–H groups in total. The first kappa shape index (κ1) is 11.7. The SMILES string of the molecule is O=[N+]([O-])c1ccccc1-c1cn2cccc(Cl)c2n1. The van der Waals surface area contributed by atoms with Crippen LogP contribution in [0.15, 0.2) is 48.8 Å². The molecule has 0 saturated carbocycles. The molecule has 1 aromatic carbocycles. The van der Waals surface area contributed by atoms with E-state index in [2.05, 4.69) is 4.98 Å². The van der Waals surface area contributed by atoms with E-state index in [4.69, 9.17) is 11.6 Å². The average molecular weight is 274 g/mol. The standard InChI is InChI=1S/C13H8ClN3O2/c14-10-5-3-7-16-8-11(15-13(10)16)9-4-1-2-6-12(9)17(18)19/h1-8H. The Morgan fingerprint density at radius 1 is 1.21 bits per heavy atom. The Morgan fingerprint density at radius 2 is 2.00 bits per heavy atom. The Bertz CT molecular complexity index is 782. The van der Waals surface area contributed by atoms with E-state index in [1.54, 1.807) is 47.1 Å². The largest absolute Gasteiger partial charge is 0.305 e. The summed E-state index contributed by atoms with van der Waals surface area (Å²) in [5.41, 5.74) is 1.62. The summed E-state index contributed by atoms with van der Waals surface area (Å²) in [5, 5.41) is 11.5. The fraction of sp³-hybridized carbons (Fsp3) is 0. The monoisotopic (exact) mass is 273 g/mol. The first-order valence-corrected chi connectivity index (χ1v) is 5.91. The number of benzene rings is 1. The van der Waals surface area contributed by atoms with Crippen LogP contribution in [0.25, 0.3) is 16.9 Å². The van der Waals surface area contributed by atoms with Gasteiger partial charge in [-0.15, -0.1) is 0 Å². The molecule has 0 aliphatic carbocycles. The second kappa shape index (κ2) is 4.37. The summed E-state index contributed by atoms with van der Waals surface area (Å²) in [6, 6.07) is 10.0. The number of aromatic nitrogens is 2. The summed E-state index contributed by atoms with van der Waals surface area (Å²) in [7, 11) is 0. The number of para-hydroxylation sites is 1. The molecular weight excluding hydrogens is 266 g/mol. The van der Waals surface area contributed by atoms with Crippen LogP contribution < -0.4 is 0 Å². The van der Waals surface area contributed by atoms with E-state index >= 15 is 0 Å². The molecule has 0 atom stereocenters. The number of rotatable bonds is 2. The second-order valence-corrected chi connectivity index (χ2v) is 4.39. The van der Waals surface area contributed by atoms with Crippen molar-refractivity contribution in [3.8, 4) is 11.3 Å². The highest BCUT2D eigenvalue weighted by molar-refractivity contribution is 6.33. The van der Waals surface area contributed by atoms with E-state index in [-0.39, 0.29) is 5.69 Å². The first-order valence-electron chi connectivity index (χ1n) is 5.54. The molecule has 3 rings (SSSR count). The van der Waals surface area contributed by atoms with Crippen molar-refractivity contribution in [2.45, 2.75) is 0 Å². The maximum absolute atomic E-state index is 11.0. The average Bonchev–Trinajstić information content (AvgIpc) is 2.84. The van der Waals surface area contributed by atoms with Crippen LogP contribution in [0.5, 0.6) is 0 Å². The third kappa shape index (κ3) is 1.94. The third-order valence-corrected chi connectivity index (χ3v) is 3.11. The third-order valence-electron chi connectivity index (χ3n) is 2.81. The molecule has 0 aliphatic heterocycles. The molecule has 94 valence electrons. The minimum Gasteiger partial charge on any atom is -0.305 e. The van der Waals surface area contributed by atoms with Gasteiger partial charge in [-0.3, -0.25) is 10.1 Å². The fourth-order valence-corrected chi connectivity index (χ4v) is 2.17. The van der Waals surface area contributed by atoms with Crippen molar-refractivity contribution in [1.82, 2.24) is 9.38 Å². The second-order valence-electron chi connectivity index (χ2n) is 3.99. The quantitative estimate of drug-likeness (QED) is 0.530. The van der Waals surface area contributed by atoms with Gasteiger partial charge in [-0.2, -0.15) is 0 Å². The molecule has 0 radical (unpaired) electrons. The summed E-state index contributed by atoms with van der Waals surface area (Å²) in [6.07, 6.45) is 3.52. The van der Waals surface area contributed by atoms with Crippen molar-refractivity contribution in [2.24, 2.45) is 0 Å². The molecule has 0 unspecified atom stereocenters. The number of halogens is 1. The first-order chi connectivity index (χ1) is 9.16. The van der Waals surface area contributed by atoms with E-state index < -0.39 is 4.92 Å². The Balaban J connectivity index is 2.25. The van der Waals surface area contributed by atoms with Gasteiger partial charge in [0.05, 0.1) is 21.2 Å². The lowest BCUT2D eigenvalue weighted by molar-refractivity contribution is -0.384. The van der Waals surface area contributed by atoms with Crippen LogP contribution in [0.3, 0.4) is 0 Å². The zero-order valence-corrected chi connectivity index (χ0v) is 10.4. The van der Waals surface area contributed by atoms with Crippen molar-refractivity contribution in [3.05, 3.63) is 63.9 Å². The highest BCUT2D eigenvalue weighted by Gasteiger charge is 2.17. The van der Waals surface area contributed by atoms with E-state index in [0.717, 1.165) is 0 Å². The number of nitro benzene ring substituents is 1. The van der Waals surface area contributed by atoms with Gasteiger partial charge >= 0.3 is 0 Å². The molecule has 0 fully saturated rings. The van der Waals surface area contributed by atoms with Gasteiger partial charge in [-0.25, -0.2) is 4.98 Å². The molecule has 2 heterocycles. The van der Waals surface area contributed by atoms with Crippen LogP contribution in [-0.4, -0.2) is 14.3 Å². The lowest BCUT2D eigenvalue weighted by Crippen LogP contribution is -1.91. The minimum absolute atomic E-state index is 0.0297. The molecule has 0 amide bonds. The molecule has 0 spiro atoms. The molecule has 6 heteroatoms. The summed E-state index contributed by atoms with van der Waals surface area (Å²) in [5.74, 6) is 0. The highest BCUT2D eigenvalue weighted by Crippen LogP contribution is 2.30. The summed E-state index contributed by atoms with van der Waals surface area (Å²) < 4.78 is 1.74. The molecule has 5 nitrogen and oxygen atoms in total. The number of imidazole rings is 1. The van der Waals surface area contributed by atoms with Gasteiger partial charge in [-0.05, 0) is 18.2 Å². The smallest absolute Gasteiger partial charge is 0.278 e. The normalized spacial score (nSPS) is 10.8. The highest BCUT2D eigenvalue weighted by atomic mass is 35.5. The Hall–Kier alpha value is -2.40. The van der Waals surface area contributed by atoms with Crippen molar-refractivity contribution in [1.29, 1.82) is 0 Å². The number of nitrogens with zero attached hydrogens (tertiary/aromatic N) is 3. The summed E-state index contributed by atoms with van der Waals surface area (Å²) in [4.78, 5) is 15.0. The van der Waals surface area contributed by atoms with Gasteiger partial charge in [0.15, 0.2) is 5.65 Å². The van der Waals surface area contributed by atoms with E-state index in [0.29, 0.717) is 21.9 Å². The minimum atomic E-state index is -0.416. The number of hydrogen-bond acceptors (Lipinski definition) is 3. The number of nitro groups is 1. The number of fused-ring (bicyclic) bond motifs is 1. The molecule has 0 bridgehead atoms. The lowest BCUT2D eigenvalue weighted by atomic mass is 10.1. The van der Waals surface area contributed by atoms with Crippen LogP contribution in [0.4, 0.5) is 5.69 Å². The zero-order valence-electron chi connectivity index (χ0n) is 9.65. The Kier molecular flexibility index (Phi) is 2.68. The predicted octanol–water partition coefficient (Wildman–Crippen LogP) is 3.56. The lowest BCUT2D eigenvalue weighted by Gasteiger charge is -1.97. The van der Waals surface area contributed by atoms with Crippen LogP contribution in [-0.2, 0) is 0 Å². The maximum Gasteiger partial charge on any atom is 0.278 e. The molecule has 2 aromatic heterocycles. The zero-order chi connectivity index (χ0) is 13.4. The van der Waals surface area contributed by atoms with Crippen molar-refractivity contribution in [3.63, 3.8) is 0 Å². The predicted molar refractivity (Wildman–Crippen MR) is 72.3 cm³/mol. The van der Waals surface area contributed by atoms with E-state index in [1.807, 2.05) is 0 Å². The fourth-order valence-electron chi connectivity index (χ4n) is 1.96.